The van der Waals surface area contributed by atoms with E-state index in [1.807, 2.05) is 6.07 Å². The van der Waals surface area contributed by atoms with Gasteiger partial charge in [0.15, 0.2) is 0 Å². The van der Waals surface area contributed by atoms with Crippen LogP contribution in [0.3, 0.4) is 0 Å². The van der Waals surface area contributed by atoms with Gasteiger partial charge in [-0.05, 0) is 25.3 Å². The monoisotopic (exact) mass is 189 g/mol. The highest BCUT2D eigenvalue weighted by Crippen LogP contribution is 2.06. The van der Waals surface area contributed by atoms with Crippen molar-refractivity contribution in [2.75, 3.05) is 7.05 Å². The number of nitriles is 1. The molecule has 0 aliphatic carbocycles. The standard InChI is InChI=1S/C9H11N3.C2H4/c1-7(2)9(12-4)5-8(6-10)11-3;1-2/h5H,1,4H2,2-3H3;1-2H2/b9-5+,11-8?;. The molecular formula is C11H15N3. The maximum Gasteiger partial charge on any atom is 0.137 e. The van der Waals surface area contributed by atoms with Gasteiger partial charge in [-0.25, -0.2) is 0 Å². The Kier molecular flexibility index (Phi) is 9.51. The maximum atomic E-state index is 8.54. The third-order valence-electron chi connectivity index (χ3n) is 1.24. The summed E-state index contributed by atoms with van der Waals surface area (Å²) in [5, 5.41) is 8.54. The van der Waals surface area contributed by atoms with Crippen molar-refractivity contribution < 1.29 is 0 Å². The number of nitrogens with zero attached hydrogens (tertiary/aromatic N) is 3. The first-order valence-corrected chi connectivity index (χ1v) is 3.87. The summed E-state index contributed by atoms with van der Waals surface area (Å²) in [6.07, 6.45) is 1.55. The van der Waals surface area contributed by atoms with Gasteiger partial charge in [-0.1, -0.05) is 6.58 Å². The van der Waals surface area contributed by atoms with E-state index in [0.29, 0.717) is 11.4 Å². The SMILES string of the molecule is C=C.C=N/C(=C/C(C#N)=NC)C(=C)C. The van der Waals surface area contributed by atoms with Crippen molar-refractivity contribution in [2.45, 2.75) is 6.92 Å². The highest BCUT2D eigenvalue weighted by Gasteiger charge is 1.96. The molecule has 0 heterocycles. The van der Waals surface area contributed by atoms with Crippen molar-refractivity contribution in [1.29, 1.82) is 5.26 Å². The lowest BCUT2D eigenvalue weighted by molar-refractivity contribution is 1.31. The first-order chi connectivity index (χ1) is 6.65. The van der Waals surface area contributed by atoms with Crippen LogP contribution in [0.25, 0.3) is 0 Å². The summed E-state index contributed by atoms with van der Waals surface area (Å²) < 4.78 is 0. The molecule has 0 bridgehead atoms. The van der Waals surface area contributed by atoms with Gasteiger partial charge in [-0.3, -0.25) is 9.98 Å². The van der Waals surface area contributed by atoms with Crippen LogP contribution in [0.1, 0.15) is 6.92 Å². The number of aliphatic imine (C=N–C) groups is 2. The summed E-state index contributed by atoms with van der Waals surface area (Å²) in [7, 11) is 1.55. The number of allylic oxidation sites excluding steroid dienone is 2. The molecule has 0 radical (unpaired) electrons. The average molecular weight is 189 g/mol. The molecule has 0 unspecified atom stereocenters. The lowest BCUT2D eigenvalue weighted by Crippen LogP contribution is -1.90. The van der Waals surface area contributed by atoms with Crippen LogP contribution >= 0.6 is 0 Å². The second-order valence-corrected chi connectivity index (χ2v) is 2.19. The summed E-state index contributed by atoms with van der Waals surface area (Å²) in [6, 6.07) is 1.92. The summed E-state index contributed by atoms with van der Waals surface area (Å²) in [4.78, 5) is 7.43. The highest BCUT2D eigenvalue weighted by molar-refractivity contribution is 6.07. The van der Waals surface area contributed by atoms with Gasteiger partial charge in [0.05, 0.1) is 5.70 Å². The molecule has 0 aromatic heterocycles. The molecule has 0 saturated heterocycles. The quantitative estimate of drug-likeness (QED) is 0.382. The van der Waals surface area contributed by atoms with E-state index in [9.17, 15) is 0 Å². The normalized spacial score (nSPS) is 10.6. The fraction of sp³-hybridized carbons (Fsp3) is 0.182. The summed E-state index contributed by atoms with van der Waals surface area (Å²) in [5.74, 6) is 0. The first kappa shape index (κ1) is 14.6. The van der Waals surface area contributed by atoms with Crippen LogP contribution in [-0.2, 0) is 0 Å². The van der Waals surface area contributed by atoms with Crippen molar-refractivity contribution in [3.8, 4) is 6.07 Å². The van der Waals surface area contributed by atoms with Crippen molar-refractivity contribution in [3.05, 3.63) is 37.1 Å². The van der Waals surface area contributed by atoms with Gasteiger partial charge in [0, 0.05) is 7.05 Å². The lowest BCUT2D eigenvalue weighted by Gasteiger charge is -1.96. The van der Waals surface area contributed by atoms with E-state index >= 15 is 0 Å². The van der Waals surface area contributed by atoms with Gasteiger partial charge in [0.2, 0.25) is 0 Å². The number of hydrogen-bond donors (Lipinski definition) is 0. The van der Waals surface area contributed by atoms with Gasteiger partial charge >= 0.3 is 0 Å². The Balaban J connectivity index is 0. The van der Waals surface area contributed by atoms with E-state index in [1.165, 1.54) is 0 Å². The van der Waals surface area contributed by atoms with Crippen molar-refractivity contribution in [1.82, 2.24) is 0 Å². The molecule has 0 aromatic carbocycles. The molecule has 0 saturated carbocycles. The molecule has 3 nitrogen and oxygen atoms in total. The van der Waals surface area contributed by atoms with Crippen molar-refractivity contribution in [2.24, 2.45) is 9.98 Å². The van der Waals surface area contributed by atoms with Gasteiger partial charge in [-0.2, -0.15) is 5.26 Å². The Morgan fingerprint density at radius 2 is 1.93 bits per heavy atom. The van der Waals surface area contributed by atoms with Crippen LogP contribution in [0.2, 0.25) is 0 Å². The molecule has 0 spiro atoms. The molecule has 0 fully saturated rings. The van der Waals surface area contributed by atoms with Crippen molar-refractivity contribution in [3.63, 3.8) is 0 Å². The van der Waals surface area contributed by atoms with E-state index in [1.54, 1.807) is 20.0 Å². The molecule has 0 aliphatic rings. The molecular weight excluding hydrogens is 174 g/mol. The Bertz CT molecular complexity index is 303. The van der Waals surface area contributed by atoms with Crippen LogP contribution in [0, 0.1) is 11.3 Å². The predicted octanol–water partition coefficient (Wildman–Crippen LogP) is 2.54. The minimum absolute atomic E-state index is 0.320. The Labute approximate surface area is 85.5 Å². The topological polar surface area (TPSA) is 48.5 Å². The van der Waals surface area contributed by atoms with Crippen LogP contribution in [0.5, 0.6) is 0 Å². The second kappa shape index (κ2) is 9.14. The van der Waals surface area contributed by atoms with Gasteiger partial charge in [0.25, 0.3) is 0 Å². The zero-order valence-corrected chi connectivity index (χ0v) is 8.75. The maximum absolute atomic E-state index is 8.54. The molecule has 0 aliphatic heterocycles. The van der Waals surface area contributed by atoms with E-state index < -0.39 is 0 Å². The molecule has 0 amide bonds. The van der Waals surface area contributed by atoms with E-state index in [0.717, 1.165) is 5.57 Å². The van der Waals surface area contributed by atoms with Crippen LogP contribution in [-0.4, -0.2) is 19.5 Å². The second-order valence-electron chi connectivity index (χ2n) is 2.19. The average Bonchev–Trinajstić information content (AvgIpc) is 2.22. The van der Waals surface area contributed by atoms with E-state index in [-0.39, 0.29) is 0 Å². The fourth-order valence-corrected chi connectivity index (χ4v) is 0.580. The van der Waals surface area contributed by atoms with E-state index in [2.05, 4.69) is 36.4 Å². The predicted molar refractivity (Wildman–Crippen MR) is 62.7 cm³/mol. The minimum atomic E-state index is 0.320. The molecule has 74 valence electrons. The minimum Gasteiger partial charge on any atom is -0.278 e. The molecule has 0 atom stereocenters. The smallest absolute Gasteiger partial charge is 0.137 e. The zero-order valence-electron chi connectivity index (χ0n) is 8.75. The van der Waals surface area contributed by atoms with Gasteiger partial charge < -0.3 is 0 Å². The fourth-order valence-electron chi connectivity index (χ4n) is 0.580. The summed E-state index contributed by atoms with van der Waals surface area (Å²) >= 11 is 0. The van der Waals surface area contributed by atoms with Crippen molar-refractivity contribution >= 4 is 12.4 Å². The largest absolute Gasteiger partial charge is 0.278 e. The van der Waals surface area contributed by atoms with Crippen LogP contribution in [0.4, 0.5) is 0 Å². The van der Waals surface area contributed by atoms with Crippen LogP contribution < -0.4 is 0 Å². The number of rotatable bonds is 3. The molecule has 0 rings (SSSR count). The Morgan fingerprint density at radius 1 is 1.43 bits per heavy atom. The molecule has 0 N–H and O–H groups in total. The molecule has 14 heavy (non-hydrogen) atoms. The zero-order chi connectivity index (χ0) is 11.6. The number of hydrogen-bond acceptors (Lipinski definition) is 3. The van der Waals surface area contributed by atoms with Gasteiger partial charge in [-0.15, -0.1) is 13.2 Å². The third-order valence-corrected chi connectivity index (χ3v) is 1.24. The summed E-state index contributed by atoms with van der Waals surface area (Å²) in [6.45, 7) is 14.8. The third kappa shape index (κ3) is 5.67. The van der Waals surface area contributed by atoms with Gasteiger partial charge in [0.1, 0.15) is 11.8 Å². The molecule has 3 heteroatoms. The lowest BCUT2D eigenvalue weighted by atomic mass is 10.2. The molecule has 0 aromatic rings. The van der Waals surface area contributed by atoms with Crippen LogP contribution in [0.15, 0.2) is 47.1 Å². The summed E-state index contributed by atoms with van der Waals surface area (Å²) in [5.41, 5.74) is 1.68. The first-order valence-electron chi connectivity index (χ1n) is 3.87. The highest BCUT2D eigenvalue weighted by atomic mass is 14.7. The Hall–Kier alpha value is -1.95. The van der Waals surface area contributed by atoms with E-state index in [4.69, 9.17) is 5.26 Å². The Morgan fingerprint density at radius 3 is 2.14 bits per heavy atom.